The lowest BCUT2D eigenvalue weighted by molar-refractivity contribution is 0.174. The van der Waals surface area contributed by atoms with Gasteiger partial charge in [0.25, 0.3) is 0 Å². The van der Waals surface area contributed by atoms with E-state index >= 15 is 0 Å². The van der Waals surface area contributed by atoms with Gasteiger partial charge in [-0.2, -0.15) is 0 Å². The highest BCUT2D eigenvalue weighted by molar-refractivity contribution is 5.80. The van der Waals surface area contributed by atoms with Crippen molar-refractivity contribution in [2.75, 3.05) is 13.9 Å². The lowest BCUT2D eigenvalue weighted by atomic mass is 9.98. The average Bonchev–Trinajstić information content (AvgIpc) is 3.29. The van der Waals surface area contributed by atoms with Gasteiger partial charge in [-0.1, -0.05) is 18.2 Å². The Bertz CT molecular complexity index is 878. The van der Waals surface area contributed by atoms with Crippen molar-refractivity contribution < 1.29 is 18.9 Å². The van der Waals surface area contributed by atoms with E-state index in [0.717, 1.165) is 53.4 Å². The van der Waals surface area contributed by atoms with Crippen molar-refractivity contribution in [1.82, 2.24) is 0 Å². The summed E-state index contributed by atoms with van der Waals surface area (Å²) in [6.45, 7) is 0.301. The summed E-state index contributed by atoms with van der Waals surface area (Å²) in [6, 6.07) is 8.32. The zero-order valence-corrected chi connectivity index (χ0v) is 14.9. The molecule has 0 bridgehead atoms. The van der Waals surface area contributed by atoms with E-state index in [0.29, 0.717) is 12.9 Å². The molecule has 0 atom stereocenters. The van der Waals surface area contributed by atoms with Crippen molar-refractivity contribution in [2.45, 2.75) is 38.2 Å². The molecule has 0 saturated heterocycles. The quantitative estimate of drug-likeness (QED) is 0.679. The molecule has 134 valence electrons. The normalized spacial score (nSPS) is 17.6. The Hall–Kier alpha value is -2.62. The minimum absolute atomic E-state index is 0.292. The number of hydrogen-bond acceptors (Lipinski definition) is 4. The van der Waals surface area contributed by atoms with E-state index in [1.54, 1.807) is 7.11 Å². The van der Waals surface area contributed by atoms with E-state index in [4.69, 9.17) is 18.9 Å². The second-order valence-corrected chi connectivity index (χ2v) is 7.11. The molecule has 0 spiro atoms. The van der Waals surface area contributed by atoms with Crippen LogP contribution in [0.5, 0.6) is 23.0 Å². The molecule has 2 aromatic rings. The maximum absolute atomic E-state index is 6.40. The summed E-state index contributed by atoms with van der Waals surface area (Å²) < 4.78 is 23.1. The highest BCUT2D eigenvalue weighted by atomic mass is 16.7. The fourth-order valence-corrected chi connectivity index (χ4v) is 4.10. The first-order chi connectivity index (χ1) is 12.8. The minimum atomic E-state index is 0.292. The SMILES string of the molecule is COc1ccc2c(c1OC1CCCC1)C=Cc1cc3c(cc1C2)OCO3. The number of ether oxygens (including phenoxy) is 4. The fraction of sp³-hybridized carbons (Fsp3) is 0.364. The highest BCUT2D eigenvalue weighted by Gasteiger charge is 2.24. The van der Waals surface area contributed by atoms with Gasteiger partial charge in [0.1, 0.15) is 0 Å². The zero-order valence-electron chi connectivity index (χ0n) is 14.9. The molecule has 4 heteroatoms. The third-order valence-electron chi connectivity index (χ3n) is 5.50. The highest BCUT2D eigenvalue weighted by Crippen LogP contribution is 2.42. The first-order valence-corrected chi connectivity index (χ1v) is 9.29. The lowest BCUT2D eigenvalue weighted by Crippen LogP contribution is -2.13. The second kappa shape index (κ2) is 6.27. The maximum atomic E-state index is 6.40. The molecule has 2 aliphatic carbocycles. The number of fused-ring (bicyclic) bond motifs is 3. The zero-order chi connectivity index (χ0) is 17.5. The van der Waals surface area contributed by atoms with Crippen LogP contribution in [0.15, 0.2) is 24.3 Å². The van der Waals surface area contributed by atoms with Crippen LogP contribution in [0.25, 0.3) is 12.2 Å². The summed E-state index contributed by atoms with van der Waals surface area (Å²) in [6.07, 6.45) is 10.2. The minimum Gasteiger partial charge on any atom is -0.493 e. The number of methoxy groups -OCH3 is 1. The van der Waals surface area contributed by atoms with Gasteiger partial charge >= 0.3 is 0 Å². The van der Waals surface area contributed by atoms with Crippen molar-refractivity contribution in [1.29, 1.82) is 0 Å². The average molecular weight is 350 g/mol. The fourth-order valence-electron chi connectivity index (χ4n) is 4.10. The van der Waals surface area contributed by atoms with Crippen molar-refractivity contribution in [3.05, 3.63) is 46.5 Å². The van der Waals surface area contributed by atoms with Crippen LogP contribution in [0, 0.1) is 0 Å². The smallest absolute Gasteiger partial charge is 0.231 e. The van der Waals surface area contributed by atoms with Crippen molar-refractivity contribution >= 4 is 12.2 Å². The maximum Gasteiger partial charge on any atom is 0.231 e. The second-order valence-electron chi connectivity index (χ2n) is 7.11. The molecule has 0 radical (unpaired) electrons. The van der Waals surface area contributed by atoms with E-state index in [2.05, 4.69) is 30.4 Å². The molecule has 0 amide bonds. The summed E-state index contributed by atoms with van der Waals surface area (Å²) in [5.74, 6) is 3.33. The molecule has 0 aromatic heterocycles. The van der Waals surface area contributed by atoms with Crippen LogP contribution in [-0.2, 0) is 6.42 Å². The largest absolute Gasteiger partial charge is 0.493 e. The van der Waals surface area contributed by atoms with E-state index in [9.17, 15) is 0 Å². The predicted molar refractivity (Wildman–Crippen MR) is 100 cm³/mol. The summed E-state index contributed by atoms with van der Waals surface area (Å²) in [5.41, 5.74) is 4.76. The van der Waals surface area contributed by atoms with Gasteiger partial charge in [-0.15, -0.1) is 0 Å². The monoisotopic (exact) mass is 350 g/mol. The lowest BCUT2D eigenvalue weighted by Gasteiger charge is -2.20. The van der Waals surface area contributed by atoms with Gasteiger partial charge in [0.2, 0.25) is 6.79 Å². The molecule has 4 nitrogen and oxygen atoms in total. The number of benzene rings is 2. The number of hydrogen-bond donors (Lipinski definition) is 0. The van der Waals surface area contributed by atoms with Gasteiger partial charge in [0.05, 0.1) is 13.2 Å². The molecule has 26 heavy (non-hydrogen) atoms. The molecule has 3 aliphatic rings. The van der Waals surface area contributed by atoms with Crippen LogP contribution in [-0.4, -0.2) is 20.0 Å². The topological polar surface area (TPSA) is 36.9 Å². The van der Waals surface area contributed by atoms with Gasteiger partial charge < -0.3 is 18.9 Å². The van der Waals surface area contributed by atoms with Gasteiger partial charge in [-0.3, -0.25) is 0 Å². The molecule has 1 fully saturated rings. The van der Waals surface area contributed by atoms with E-state index in [1.807, 2.05) is 6.07 Å². The van der Waals surface area contributed by atoms with Gasteiger partial charge in [0.15, 0.2) is 23.0 Å². The van der Waals surface area contributed by atoms with Crippen LogP contribution in [0.2, 0.25) is 0 Å². The standard InChI is InChI=1S/C22H22O4/c1-23-19-9-7-15-10-16-12-21-20(24-13-25-21)11-14(16)6-8-18(15)22(19)26-17-4-2-3-5-17/h6-9,11-12,17H,2-5,10,13H2,1H3. The van der Waals surface area contributed by atoms with E-state index in [1.165, 1.54) is 24.0 Å². The van der Waals surface area contributed by atoms with E-state index < -0.39 is 0 Å². The van der Waals surface area contributed by atoms with Crippen LogP contribution < -0.4 is 18.9 Å². The third kappa shape index (κ3) is 2.61. The predicted octanol–water partition coefficient (Wildman–Crippen LogP) is 4.82. The first-order valence-electron chi connectivity index (χ1n) is 9.29. The Kier molecular flexibility index (Phi) is 3.77. The molecule has 5 rings (SSSR count). The van der Waals surface area contributed by atoms with Crippen LogP contribution in [0.4, 0.5) is 0 Å². The third-order valence-corrected chi connectivity index (χ3v) is 5.50. The van der Waals surface area contributed by atoms with Crippen LogP contribution in [0.3, 0.4) is 0 Å². The molecule has 1 saturated carbocycles. The Morgan fingerprint density at radius 2 is 1.77 bits per heavy atom. The van der Waals surface area contributed by atoms with Crippen LogP contribution in [0.1, 0.15) is 47.9 Å². The molecular formula is C22H22O4. The Morgan fingerprint density at radius 1 is 0.962 bits per heavy atom. The van der Waals surface area contributed by atoms with Gasteiger partial charge in [0, 0.05) is 5.56 Å². The summed E-state index contributed by atoms with van der Waals surface area (Å²) in [5, 5.41) is 0. The molecule has 1 heterocycles. The number of rotatable bonds is 3. The van der Waals surface area contributed by atoms with Crippen molar-refractivity contribution in [3.8, 4) is 23.0 Å². The summed E-state index contributed by atoms with van der Waals surface area (Å²) in [4.78, 5) is 0. The van der Waals surface area contributed by atoms with Crippen molar-refractivity contribution in [3.63, 3.8) is 0 Å². The summed E-state index contributed by atoms with van der Waals surface area (Å²) in [7, 11) is 1.71. The molecule has 0 N–H and O–H groups in total. The Balaban J connectivity index is 1.57. The molecule has 1 aliphatic heterocycles. The molecule has 2 aromatic carbocycles. The van der Waals surface area contributed by atoms with E-state index in [-0.39, 0.29) is 0 Å². The molecular weight excluding hydrogens is 328 g/mol. The van der Waals surface area contributed by atoms with Crippen molar-refractivity contribution in [2.24, 2.45) is 0 Å². The molecule has 0 unspecified atom stereocenters. The van der Waals surface area contributed by atoms with Gasteiger partial charge in [-0.25, -0.2) is 0 Å². The van der Waals surface area contributed by atoms with Crippen LogP contribution >= 0.6 is 0 Å². The van der Waals surface area contributed by atoms with Gasteiger partial charge in [-0.05, 0) is 67.0 Å². The Labute approximate surface area is 153 Å². The first kappa shape index (κ1) is 15.6. The summed E-state index contributed by atoms with van der Waals surface area (Å²) >= 11 is 0. The Morgan fingerprint density at radius 3 is 2.58 bits per heavy atom.